The molecule has 0 radical (unpaired) electrons. The van der Waals surface area contributed by atoms with Gasteiger partial charge in [-0.2, -0.15) is 0 Å². The fourth-order valence-electron chi connectivity index (χ4n) is 0.803. The Balaban J connectivity index is 2.18. The van der Waals surface area contributed by atoms with Crippen molar-refractivity contribution < 1.29 is 14.3 Å². The summed E-state index contributed by atoms with van der Waals surface area (Å²) in [7, 11) is 0. The molecule has 1 rings (SSSR count). The van der Waals surface area contributed by atoms with Gasteiger partial charge in [0.05, 0.1) is 6.04 Å². The van der Waals surface area contributed by atoms with Crippen molar-refractivity contribution >= 4 is 12.0 Å². The van der Waals surface area contributed by atoms with Gasteiger partial charge >= 0.3 is 6.09 Å². The van der Waals surface area contributed by atoms with Crippen LogP contribution in [0.15, 0.2) is 0 Å². The molecule has 0 aromatic heterocycles. The maximum absolute atomic E-state index is 10.5. The van der Waals surface area contributed by atoms with E-state index in [4.69, 9.17) is 0 Å². The fraction of sp³-hybridized carbons (Fsp3) is 0.667. The number of carbonyl (C=O) groups is 2. The van der Waals surface area contributed by atoms with Gasteiger partial charge in [-0.25, -0.2) is 4.79 Å². The lowest BCUT2D eigenvalue weighted by molar-refractivity contribution is -0.119. The van der Waals surface area contributed by atoms with Crippen molar-refractivity contribution in [3.63, 3.8) is 0 Å². The molecule has 62 valence electrons. The van der Waals surface area contributed by atoms with Crippen LogP contribution in [0.25, 0.3) is 0 Å². The van der Waals surface area contributed by atoms with Crippen molar-refractivity contribution in [2.45, 2.75) is 13.0 Å². The van der Waals surface area contributed by atoms with Crippen LogP contribution >= 0.6 is 0 Å². The van der Waals surface area contributed by atoms with Crippen LogP contribution in [0.2, 0.25) is 0 Å². The highest BCUT2D eigenvalue weighted by atomic mass is 16.6. The molecule has 1 heterocycles. The van der Waals surface area contributed by atoms with E-state index in [-0.39, 0.29) is 11.9 Å². The van der Waals surface area contributed by atoms with Gasteiger partial charge in [-0.3, -0.25) is 4.79 Å². The number of rotatable bonds is 2. The average molecular weight is 158 g/mol. The predicted molar refractivity (Wildman–Crippen MR) is 37.0 cm³/mol. The normalized spacial score (nSPS) is 22.3. The highest BCUT2D eigenvalue weighted by molar-refractivity contribution is 5.73. The summed E-state index contributed by atoms with van der Waals surface area (Å²) in [5, 5.41) is 5.11. The molecule has 1 aliphatic heterocycles. The molecule has 0 aromatic carbocycles. The molecule has 0 saturated carbocycles. The number of ether oxygens (including phenoxy) is 1. The summed E-state index contributed by atoms with van der Waals surface area (Å²) in [5.74, 6) is -0.105. The lowest BCUT2D eigenvalue weighted by Crippen LogP contribution is -2.38. The minimum atomic E-state index is -0.416. The molecule has 0 aliphatic carbocycles. The zero-order valence-electron chi connectivity index (χ0n) is 6.22. The lowest BCUT2D eigenvalue weighted by Gasteiger charge is -2.06. The SMILES string of the molecule is CC(=O)NCC1COC(=O)N1. The Labute approximate surface area is 64.1 Å². The van der Waals surface area contributed by atoms with Crippen LogP contribution in [0.5, 0.6) is 0 Å². The molecule has 0 spiro atoms. The highest BCUT2D eigenvalue weighted by Gasteiger charge is 2.21. The number of hydrogen-bond donors (Lipinski definition) is 2. The number of alkyl carbamates (subject to hydrolysis) is 1. The monoisotopic (exact) mass is 158 g/mol. The van der Waals surface area contributed by atoms with Crippen molar-refractivity contribution in [3.05, 3.63) is 0 Å². The van der Waals surface area contributed by atoms with Crippen LogP contribution in [0.3, 0.4) is 0 Å². The molecule has 0 aromatic rings. The summed E-state index contributed by atoms with van der Waals surface area (Å²) < 4.78 is 4.60. The van der Waals surface area contributed by atoms with Crippen LogP contribution in [0.4, 0.5) is 4.79 Å². The Morgan fingerprint density at radius 3 is 3.09 bits per heavy atom. The summed E-state index contributed by atoms with van der Waals surface area (Å²) in [4.78, 5) is 20.9. The first-order valence-electron chi connectivity index (χ1n) is 3.36. The molecule has 1 unspecified atom stereocenters. The second kappa shape index (κ2) is 3.23. The van der Waals surface area contributed by atoms with E-state index < -0.39 is 6.09 Å². The largest absolute Gasteiger partial charge is 0.447 e. The Kier molecular flexibility index (Phi) is 2.30. The summed E-state index contributed by atoms with van der Waals surface area (Å²) in [6.07, 6.45) is -0.416. The van der Waals surface area contributed by atoms with Gasteiger partial charge in [0.15, 0.2) is 0 Å². The molecule has 2 amide bonds. The van der Waals surface area contributed by atoms with E-state index in [2.05, 4.69) is 15.4 Å². The molecular formula is C6H10N2O3. The molecule has 1 saturated heterocycles. The Morgan fingerprint density at radius 2 is 2.64 bits per heavy atom. The van der Waals surface area contributed by atoms with E-state index in [0.717, 1.165) is 0 Å². The number of nitrogens with one attached hydrogen (secondary N) is 2. The van der Waals surface area contributed by atoms with E-state index in [0.29, 0.717) is 13.2 Å². The zero-order chi connectivity index (χ0) is 8.27. The van der Waals surface area contributed by atoms with Gasteiger partial charge in [0.1, 0.15) is 6.61 Å². The van der Waals surface area contributed by atoms with Gasteiger partial charge in [0, 0.05) is 13.5 Å². The van der Waals surface area contributed by atoms with Crippen molar-refractivity contribution in [1.82, 2.24) is 10.6 Å². The Hall–Kier alpha value is -1.26. The second-order valence-electron chi connectivity index (χ2n) is 2.38. The third kappa shape index (κ3) is 2.45. The van der Waals surface area contributed by atoms with Crippen LogP contribution in [-0.2, 0) is 9.53 Å². The molecule has 0 bridgehead atoms. The minimum Gasteiger partial charge on any atom is -0.447 e. The first-order chi connectivity index (χ1) is 5.18. The first-order valence-corrected chi connectivity index (χ1v) is 3.36. The number of carbonyl (C=O) groups excluding carboxylic acids is 2. The Morgan fingerprint density at radius 1 is 1.91 bits per heavy atom. The van der Waals surface area contributed by atoms with Crippen molar-refractivity contribution in [2.75, 3.05) is 13.2 Å². The maximum atomic E-state index is 10.5. The van der Waals surface area contributed by atoms with Crippen LogP contribution < -0.4 is 10.6 Å². The summed E-state index contributed by atoms with van der Waals surface area (Å²) in [6, 6.07) is -0.0774. The molecular weight excluding hydrogens is 148 g/mol. The fourth-order valence-corrected chi connectivity index (χ4v) is 0.803. The van der Waals surface area contributed by atoms with Gasteiger partial charge in [-0.15, -0.1) is 0 Å². The van der Waals surface area contributed by atoms with E-state index in [9.17, 15) is 9.59 Å². The average Bonchev–Trinajstić information content (AvgIpc) is 2.31. The number of cyclic esters (lactones) is 1. The molecule has 5 heteroatoms. The van der Waals surface area contributed by atoms with E-state index in [1.165, 1.54) is 6.92 Å². The third-order valence-electron chi connectivity index (χ3n) is 1.33. The third-order valence-corrected chi connectivity index (χ3v) is 1.33. The summed E-state index contributed by atoms with van der Waals surface area (Å²) in [5.41, 5.74) is 0. The van der Waals surface area contributed by atoms with Crippen LogP contribution in [0, 0.1) is 0 Å². The lowest BCUT2D eigenvalue weighted by atomic mass is 10.3. The molecule has 5 nitrogen and oxygen atoms in total. The predicted octanol–water partition coefficient (Wildman–Crippen LogP) is -0.769. The van der Waals surface area contributed by atoms with Crippen molar-refractivity contribution in [3.8, 4) is 0 Å². The van der Waals surface area contributed by atoms with Gasteiger partial charge < -0.3 is 15.4 Å². The zero-order valence-corrected chi connectivity index (χ0v) is 6.22. The van der Waals surface area contributed by atoms with Crippen molar-refractivity contribution in [2.24, 2.45) is 0 Å². The van der Waals surface area contributed by atoms with Crippen LogP contribution in [-0.4, -0.2) is 31.2 Å². The molecule has 1 aliphatic rings. The smallest absolute Gasteiger partial charge is 0.407 e. The second-order valence-corrected chi connectivity index (χ2v) is 2.38. The van der Waals surface area contributed by atoms with E-state index in [1.54, 1.807) is 0 Å². The first kappa shape index (κ1) is 7.84. The standard InChI is InChI=1S/C6H10N2O3/c1-4(9)7-2-5-3-11-6(10)8-5/h5H,2-3H2,1H3,(H,7,9)(H,8,10). The summed E-state index contributed by atoms with van der Waals surface area (Å²) >= 11 is 0. The van der Waals surface area contributed by atoms with Gasteiger partial charge in [-0.1, -0.05) is 0 Å². The minimum absolute atomic E-state index is 0.0774. The Bertz CT molecular complexity index is 181. The quantitative estimate of drug-likeness (QED) is 0.554. The number of amides is 2. The molecule has 1 atom stereocenters. The van der Waals surface area contributed by atoms with Crippen LogP contribution in [0.1, 0.15) is 6.92 Å². The van der Waals surface area contributed by atoms with E-state index in [1.807, 2.05) is 0 Å². The number of hydrogen-bond acceptors (Lipinski definition) is 3. The van der Waals surface area contributed by atoms with Gasteiger partial charge in [-0.05, 0) is 0 Å². The van der Waals surface area contributed by atoms with Gasteiger partial charge in [0.2, 0.25) is 5.91 Å². The topological polar surface area (TPSA) is 67.4 Å². The summed E-state index contributed by atoms with van der Waals surface area (Å²) in [6.45, 7) is 2.19. The maximum Gasteiger partial charge on any atom is 0.407 e. The van der Waals surface area contributed by atoms with Gasteiger partial charge in [0.25, 0.3) is 0 Å². The van der Waals surface area contributed by atoms with E-state index >= 15 is 0 Å². The highest BCUT2D eigenvalue weighted by Crippen LogP contribution is 1.94. The molecule has 1 fully saturated rings. The molecule has 11 heavy (non-hydrogen) atoms. The van der Waals surface area contributed by atoms with Crippen molar-refractivity contribution in [1.29, 1.82) is 0 Å². The molecule has 2 N–H and O–H groups in total.